The molecule has 1 fully saturated rings. The first-order valence-electron chi connectivity index (χ1n) is 6.00. The predicted octanol–water partition coefficient (Wildman–Crippen LogP) is -2.97. The first kappa shape index (κ1) is 19.5. The molecule has 5 atom stereocenters. The molecule has 0 bridgehead atoms. The van der Waals surface area contributed by atoms with Gasteiger partial charge in [0.1, 0.15) is 34.9 Å². The van der Waals surface area contributed by atoms with E-state index >= 15 is 0 Å². The van der Waals surface area contributed by atoms with Crippen LogP contribution in [0.3, 0.4) is 0 Å². The van der Waals surface area contributed by atoms with Gasteiger partial charge in [0.2, 0.25) is 0 Å². The zero-order valence-corrected chi connectivity index (χ0v) is 12.7. The van der Waals surface area contributed by atoms with Crippen molar-refractivity contribution in [3.8, 4) is 0 Å². The van der Waals surface area contributed by atoms with Crippen LogP contribution in [0.5, 0.6) is 0 Å². The summed E-state index contributed by atoms with van der Waals surface area (Å²) in [6.45, 7) is -1.08. The van der Waals surface area contributed by atoms with Crippen LogP contribution in [-0.4, -0.2) is 86.6 Å². The van der Waals surface area contributed by atoms with Gasteiger partial charge in [-0.1, -0.05) is 16.9 Å². The average Bonchev–Trinajstić information content (AvgIpc) is 2.44. The minimum atomic E-state index is -4.84. The normalized spacial score (nSPS) is 33.7. The van der Waals surface area contributed by atoms with E-state index < -0.39 is 53.5 Å². The van der Waals surface area contributed by atoms with E-state index in [2.05, 4.69) is 9.44 Å². The fourth-order valence-corrected chi connectivity index (χ4v) is 2.90. The second-order valence-corrected chi connectivity index (χ2v) is 6.45. The summed E-state index contributed by atoms with van der Waals surface area (Å²) in [6.07, 6.45) is -6.05. The van der Waals surface area contributed by atoms with Crippen molar-refractivity contribution in [3.05, 3.63) is 0 Å². The van der Waals surface area contributed by atoms with Crippen LogP contribution < -0.4 is 0 Å². The van der Waals surface area contributed by atoms with Crippen molar-refractivity contribution in [1.29, 1.82) is 0 Å². The zero-order valence-electron chi connectivity index (χ0n) is 11.1. The van der Waals surface area contributed by atoms with Crippen LogP contribution in [0.25, 0.3) is 0 Å². The van der Waals surface area contributed by atoms with Gasteiger partial charge in [-0.05, 0) is 0 Å². The predicted molar refractivity (Wildman–Crippen MR) is 73.1 cm³/mol. The van der Waals surface area contributed by atoms with E-state index in [0.717, 1.165) is 0 Å². The average molecular weight is 363 g/mol. The maximum Gasteiger partial charge on any atom is 0.466 e. The van der Waals surface area contributed by atoms with Crippen molar-refractivity contribution < 1.29 is 47.5 Å². The van der Waals surface area contributed by atoms with Gasteiger partial charge < -0.3 is 30.3 Å². The molecule has 22 heavy (non-hydrogen) atoms. The van der Waals surface area contributed by atoms with E-state index in [4.69, 9.17) is 19.5 Å². The third-order valence-electron chi connectivity index (χ3n) is 2.66. The van der Waals surface area contributed by atoms with Crippen molar-refractivity contribution in [1.82, 2.24) is 0 Å². The highest BCUT2D eigenvalue weighted by atomic mass is 32.3. The van der Waals surface area contributed by atoms with Crippen LogP contribution in [0.4, 0.5) is 0 Å². The molecule has 1 aliphatic rings. The molecule has 0 aromatic heterocycles. The number of hydrogen-bond donors (Lipinski definition) is 6. The van der Waals surface area contributed by atoms with Crippen LogP contribution in [0.15, 0.2) is 5.16 Å². The van der Waals surface area contributed by atoms with Gasteiger partial charge in [-0.3, -0.25) is 4.55 Å². The van der Waals surface area contributed by atoms with E-state index in [1.54, 1.807) is 0 Å². The van der Waals surface area contributed by atoms with Gasteiger partial charge in [0, 0.05) is 13.0 Å². The molecule has 1 saturated heterocycles. The Labute approximate surface area is 130 Å². The number of aliphatic hydroxyl groups excluding tert-OH is 5. The number of rotatable bonds is 6. The molecular formula is C9H17NO10S2. The minimum absolute atomic E-state index is 0.163. The van der Waals surface area contributed by atoms with Crippen molar-refractivity contribution in [2.45, 2.75) is 36.3 Å². The van der Waals surface area contributed by atoms with Crippen molar-refractivity contribution in [2.24, 2.45) is 5.16 Å². The molecule has 130 valence electrons. The van der Waals surface area contributed by atoms with E-state index in [-0.39, 0.29) is 11.5 Å². The molecule has 0 aliphatic carbocycles. The van der Waals surface area contributed by atoms with Gasteiger partial charge in [-0.25, -0.2) is 4.28 Å². The Hall–Kier alpha value is -0.510. The third-order valence-corrected chi connectivity index (χ3v) is 4.10. The maximum absolute atomic E-state index is 10.5. The second-order valence-electron chi connectivity index (χ2n) is 4.28. The van der Waals surface area contributed by atoms with E-state index in [1.165, 1.54) is 0 Å². The molecule has 0 spiro atoms. The molecule has 1 heterocycles. The summed E-state index contributed by atoms with van der Waals surface area (Å²) in [6, 6.07) is 0. The first-order chi connectivity index (χ1) is 10.2. The Kier molecular flexibility index (Phi) is 7.43. The van der Waals surface area contributed by atoms with Crippen LogP contribution in [0.2, 0.25) is 0 Å². The molecule has 13 heteroatoms. The van der Waals surface area contributed by atoms with Crippen LogP contribution in [0, 0.1) is 0 Å². The van der Waals surface area contributed by atoms with Gasteiger partial charge in [-0.15, -0.1) is 0 Å². The molecule has 11 nitrogen and oxygen atoms in total. The van der Waals surface area contributed by atoms with Crippen molar-refractivity contribution >= 4 is 27.2 Å². The van der Waals surface area contributed by atoms with Crippen LogP contribution >= 0.6 is 11.8 Å². The fraction of sp³-hybridized carbons (Fsp3) is 0.889. The maximum atomic E-state index is 10.5. The summed E-state index contributed by atoms with van der Waals surface area (Å²) in [5, 5.41) is 49.8. The summed E-state index contributed by atoms with van der Waals surface area (Å²) >= 11 is 0.599. The highest BCUT2D eigenvalue weighted by molar-refractivity contribution is 8.14. The molecule has 6 N–H and O–H groups in total. The second kappa shape index (κ2) is 8.37. The summed E-state index contributed by atoms with van der Waals surface area (Å²) in [5.41, 5.74) is -1.22. The molecule has 0 radical (unpaired) electrons. The molecule has 0 saturated carbocycles. The highest BCUT2D eigenvalue weighted by Crippen LogP contribution is 2.30. The molecule has 0 unspecified atom stereocenters. The molecule has 0 amide bonds. The Bertz CT molecular complexity index is 481. The third kappa shape index (κ3) is 5.60. The van der Waals surface area contributed by atoms with Gasteiger partial charge in [0.15, 0.2) is 0 Å². The zero-order chi connectivity index (χ0) is 16.9. The lowest BCUT2D eigenvalue weighted by Crippen LogP contribution is -2.57. The summed E-state index contributed by atoms with van der Waals surface area (Å²) in [4.78, 5) is 0. The molecule has 0 aromatic rings. The fourth-order valence-electron chi connectivity index (χ4n) is 1.61. The van der Waals surface area contributed by atoms with Crippen molar-refractivity contribution in [2.75, 3.05) is 13.2 Å². The number of thioether (sulfide) groups is 1. The number of ether oxygens (including phenoxy) is 1. The van der Waals surface area contributed by atoms with Crippen LogP contribution in [-0.2, 0) is 19.4 Å². The van der Waals surface area contributed by atoms with E-state index in [9.17, 15) is 23.7 Å². The Morgan fingerprint density at radius 2 is 1.82 bits per heavy atom. The summed E-state index contributed by atoms with van der Waals surface area (Å²) in [5.74, 6) is 0. The number of oxime groups is 1. The topological polar surface area (TPSA) is 186 Å². The Balaban J connectivity index is 2.83. The number of hydrogen-bond acceptors (Lipinski definition) is 11. The quantitative estimate of drug-likeness (QED) is 0.122. The van der Waals surface area contributed by atoms with Gasteiger partial charge in [-0.2, -0.15) is 8.42 Å². The van der Waals surface area contributed by atoms with Crippen molar-refractivity contribution in [3.63, 3.8) is 0 Å². The standard InChI is InChI=1S/C9H17NO10S2/c11-2-1-5(10-20-22(16,17)18)21-9-8(15)7(14)6(13)4(3-12)19-9/h4,6-9,11-15H,1-3H2,(H,16,17,18)/b10-5-/t4-,6-,7+,8-,9+/m1/s1. The summed E-state index contributed by atoms with van der Waals surface area (Å²) < 4.78 is 38.3. The summed E-state index contributed by atoms with van der Waals surface area (Å²) in [7, 11) is -4.84. The monoisotopic (exact) mass is 363 g/mol. The SMILES string of the molecule is O=S(=O)(O)O/N=C(/CCO)S[C@@H]1O[C@H](CO)[C@@H](O)[C@H](O)[C@H]1O. The minimum Gasteiger partial charge on any atom is -0.396 e. The lowest BCUT2D eigenvalue weighted by Gasteiger charge is -2.39. The highest BCUT2D eigenvalue weighted by Gasteiger charge is 2.44. The molecule has 0 aromatic carbocycles. The molecule has 1 rings (SSSR count). The van der Waals surface area contributed by atoms with Gasteiger partial charge in [0.25, 0.3) is 0 Å². The van der Waals surface area contributed by atoms with E-state index in [1.807, 2.05) is 0 Å². The Morgan fingerprint density at radius 3 is 2.32 bits per heavy atom. The number of nitrogens with zero attached hydrogens (tertiary/aromatic N) is 1. The van der Waals surface area contributed by atoms with Gasteiger partial charge >= 0.3 is 10.4 Å². The largest absolute Gasteiger partial charge is 0.466 e. The van der Waals surface area contributed by atoms with Crippen LogP contribution in [0.1, 0.15) is 6.42 Å². The van der Waals surface area contributed by atoms with E-state index in [0.29, 0.717) is 11.8 Å². The molecular weight excluding hydrogens is 346 g/mol. The first-order valence-corrected chi connectivity index (χ1v) is 8.25. The Morgan fingerprint density at radius 1 is 1.18 bits per heavy atom. The lowest BCUT2D eigenvalue weighted by atomic mass is 10.0. The smallest absolute Gasteiger partial charge is 0.396 e. The van der Waals surface area contributed by atoms with Gasteiger partial charge in [0.05, 0.1) is 6.61 Å². The molecule has 1 aliphatic heterocycles. The number of aliphatic hydroxyl groups is 5. The lowest BCUT2D eigenvalue weighted by molar-refractivity contribution is -0.205.